The Kier molecular flexibility index (Phi) is 63.1. The summed E-state index contributed by atoms with van der Waals surface area (Å²) in [5.74, 6) is -4.68. The Morgan fingerprint density at radius 2 is 0.570 bits per heavy atom. The molecule has 0 fully saturated rings. The summed E-state index contributed by atoms with van der Waals surface area (Å²) in [5.41, 5.74) is 2.48. The van der Waals surface area contributed by atoms with Gasteiger partial charge in [-0.05, 0) is 104 Å². The predicted octanol–water partition coefficient (Wildman–Crippen LogP) is 12.7. The van der Waals surface area contributed by atoms with Crippen molar-refractivity contribution in [2.45, 2.75) is 122 Å². The molecule has 135 heavy (non-hydrogen) atoms. The van der Waals surface area contributed by atoms with Crippen molar-refractivity contribution >= 4 is 65.7 Å². The maximum absolute atomic E-state index is 11.2. The zero-order valence-electron chi connectivity index (χ0n) is 78.8. The van der Waals surface area contributed by atoms with Gasteiger partial charge in [0.25, 0.3) is 5.97 Å². The van der Waals surface area contributed by atoms with Gasteiger partial charge in [0.2, 0.25) is 0 Å². The Morgan fingerprint density at radius 1 is 0.304 bits per heavy atom. The van der Waals surface area contributed by atoms with Crippen LogP contribution in [0.2, 0.25) is 0 Å². The maximum atomic E-state index is 11.2. The fraction of sp³-hybridized carbons (Fsp3) is 0.396. The molecule has 0 aromatic heterocycles. The molecule has 5 unspecified atom stereocenters. The van der Waals surface area contributed by atoms with Crippen molar-refractivity contribution in [3.8, 4) is 23.0 Å². The molecule has 34 nitrogen and oxygen atoms in total. The fourth-order valence-corrected chi connectivity index (χ4v) is 10.1. The summed E-state index contributed by atoms with van der Waals surface area (Å²) >= 11 is 0. The summed E-state index contributed by atoms with van der Waals surface area (Å²) in [6, 6.07) is 30.6. The first kappa shape index (κ1) is 121. The third-order valence-electron chi connectivity index (χ3n) is 17.9. The molecule has 4 aromatic carbocycles. The van der Waals surface area contributed by atoms with Gasteiger partial charge in [-0.2, -0.15) is 0 Å². The number of rotatable bonds is 64. The monoisotopic (exact) mass is 1890 g/mol. The van der Waals surface area contributed by atoms with E-state index in [4.69, 9.17) is 99.5 Å². The lowest BCUT2D eigenvalue weighted by atomic mass is 9.78. The van der Waals surface area contributed by atoms with Gasteiger partial charge in [0, 0.05) is 84.1 Å². The van der Waals surface area contributed by atoms with Crippen LogP contribution in [0.25, 0.3) is 0 Å². The number of hydrogen-bond donors (Lipinski definition) is 2. The van der Waals surface area contributed by atoms with Crippen molar-refractivity contribution in [1.82, 2.24) is 0 Å². The quantitative estimate of drug-likeness (QED) is 0.00788. The maximum Gasteiger partial charge on any atom is 0.330 e. The Bertz CT molecular complexity index is 4170. The van der Waals surface area contributed by atoms with Crippen LogP contribution in [0.4, 0.5) is 0 Å². The molecule has 0 aliphatic heterocycles. The highest BCUT2D eigenvalue weighted by Gasteiger charge is 2.35. The number of carbonyl (C=O) groups excluding carboxylic acids is 11. The van der Waals surface area contributed by atoms with E-state index in [9.17, 15) is 63.0 Å². The summed E-state index contributed by atoms with van der Waals surface area (Å²) in [4.78, 5) is 122. The molecule has 0 aliphatic carbocycles. The average Bonchev–Trinajstić information content (AvgIpc) is 0.801. The number of esters is 11. The average molecular weight is 1890 g/mol. The number of aliphatic hydroxyl groups is 2. The SMILES string of the molecule is C=CC(=C)OCC(C)OCC(C)OCC(C)OC(=O)C=C.C=CC(=O)OCC(CC)(COC(=O)C=C)COC(=O)C=C.C=CC(=O)OCC(O)COc1cccc(C(C)(C)c2cccc(OCC(O)COC(=O)C=C)c2)c1.C=CC(=O)OCCOC(CC)(OCCOC(=O)C=C)OCCOC(=O)C=C.C=CC(=O)OCCOc1cccc(C(C)(C)c2cccc(OCCOC(=O)C=C)c2)c1. The molecule has 0 saturated heterocycles. The molecule has 0 amide bonds. The minimum Gasteiger partial charge on any atom is -0.492 e. The van der Waals surface area contributed by atoms with Crippen LogP contribution in [0.1, 0.15) is 97.4 Å². The van der Waals surface area contributed by atoms with Crippen LogP contribution in [0.15, 0.2) is 261 Å². The van der Waals surface area contributed by atoms with E-state index in [1.165, 1.54) is 0 Å². The first-order chi connectivity index (χ1) is 64.2. The largest absolute Gasteiger partial charge is 0.492 e. The van der Waals surface area contributed by atoms with Crippen LogP contribution < -0.4 is 18.9 Å². The predicted molar refractivity (Wildman–Crippen MR) is 501 cm³/mol. The van der Waals surface area contributed by atoms with Crippen LogP contribution in [0, 0.1) is 5.41 Å². The lowest BCUT2D eigenvalue weighted by Crippen LogP contribution is -2.41. The lowest BCUT2D eigenvalue weighted by Gasteiger charge is -2.32. The van der Waals surface area contributed by atoms with Gasteiger partial charge in [0.15, 0.2) is 0 Å². The zero-order valence-corrected chi connectivity index (χ0v) is 78.8. The zero-order chi connectivity index (χ0) is 102. The summed E-state index contributed by atoms with van der Waals surface area (Å²) < 4.78 is 110. The van der Waals surface area contributed by atoms with E-state index in [1.54, 1.807) is 39.0 Å². The molecule has 5 atom stereocenters. The smallest absolute Gasteiger partial charge is 0.330 e. The van der Waals surface area contributed by atoms with E-state index >= 15 is 0 Å². The molecule has 0 saturated carbocycles. The van der Waals surface area contributed by atoms with E-state index in [0.29, 0.717) is 55.0 Å². The minimum atomic E-state index is -1.50. The molecule has 2 N–H and O–H groups in total. The molecule has 0 bridgehead atoms. The Hall–Kier alpha value is -13.6. The molecular formula is C101H132O34. The van der Waals surface area contributed by atoms with Gasteiger partial charge < -0.3 is 110 Å². The molecule has 4 aromatic rings. The number of carbonyl (C=O) groups is 11. The van der Waals surface area contributed by atoms with Crippen LogP contribution in [-0.2, 0) is 144 Å². The second kappa shape index (κ2) is 70.2. The van der Waals surface area contributed by atoms with Gasteiger partial charge >= 0.3 is 65.7 Å². The first-order valence-electron chi connectivity index (χ1n) is 42.4. The second-order valence-electron chi connectivity index (χ2n) is 29.1. The summed E-state index contributed by atoms with van der Waals surface area (Å²) in [6.07, 6.45) is 11.4. The van der Waals surface area contributed by atoms with Crippen LogP contribution in [0.5, 0.6) is 23.0 Å². The van der Waals surface area contributed by atoms with E-state index < -0.39 is 94.7 Å². The molecule has 0 aliphatic rings. The molecule has 740 valence electrons. The molecule has 0 heterocycles. The molecule has 4 rings (SSSR count). The number of allylic oxidation sites excluding steroid dienone is 1. The molecule has 0 radical (unpaired) electrons. The highest BCUT2D eigenvalue weighted by Crippen LogP contribution is 2.37. The van der Waals surface area contributed by atoms with Gasteiger partial charge in [-0.3, -0.25) is 0 Å². The summed E-state index contributed by atoms with van der Waals surface area (Å²) in [5, 5.41) is 19.9. The van der Waals surface area contributed by atoms with Gasteiger partial charge in [-0.25, -0.2) is 52.7 Å². The normalized spacial score (nSPS) is 11.7. The number of aliphatic hydroxyl groups excluding tert-OH is 2. The number of hydrogen-bond acceptors (Lipinski definition) is 34. The summed E-state index contributed by atoms with van der Waals surface area (Å²) in [7, 11) is 0. The fourth-order valence-electron chi connectivity index (χ4n) is 10.1. The Balaban J connectivity index is 0.00000169. The molecule has 0 spiro atoms. The Morgan fingerprint density at radius 3 is 0.852 bits per heavy atom. The highest BCUT2D eigenvalue weighted by molar-refractivity contribution is 5.85. The van der Waals surface area contributed by atoms with Crippen LogP contribution >= 0.6 is 0 Å². The highest BCUT2D eigenvalue weighted by atomic mass is 16.9. The third-order valence-corrected chi connectivity index (χ3v) is 17.9. The van der Waals surface area contributed by atoms with E-state index in [-0.39, 0.29) is 142 Å². The third kappa shape index (κ3) is 54.9. The van der Waals surface area contributed by atoms with Crippen LogP contribution in [-0.4, -0.2) is 245 Å². The van der Waals surface area contributed by atoms with Crippen LogP contribution in [0.3, 0.4) is 0 Å². The standard InChI is InChI=1S/C27H32O8.C25H28O6.C18H26O9.C16H26O5.C15H20O6/c1-5-25(30)34-17-21(28)15-32-23-11-7-9-19(13-23)27(3,4)20-10-8-12-24(14-20)33-16-22(29)18-35-26(31)6-2;1-5-23(26)30-15-13-28-21-11-7-9-19(17-21)25(3,4)20-10-8-12-22(18-20)29-14-16-31-24(27)6-2;1-5-15(19)22-9-12-25-18(8-4,26-13-10-23-16(20)6-2)27-14-11-24-17(21)7-3;1-7-12(3)18-9-13(4)19-10-14(5)20-11-15(6)21-16(17)8-2;1-5-12(16)19-9-15(8-4,10-20-13(17)6-2)11-21-14(18)7-3/h5-14,21-22,28-29H,1-2,15-18H2,3-4H3;5-12,17-18H,1-2,13-16H2,3-4H3;5-7H,1-3,8-14H2,4H3;7-8,13-15H,1-3,9-11H2,4-6H3;5-7H,1-3,8-11H2,4H3. The van der Waals surface area contributed by atoms with E-state index in [2.05, 4.69) is 113 Å². The molecule has 34 heteroatoms. The first-order valence-corrected chi connectivity index (χ1v) is 42.4. The van der Waals surface area contributed by atoms with E-state index in [0.717, 1.165) is 89.1 Å². The van der Waals surface area contributed by atoms with Crippen molar-refractivity contribution in [3.63, 3.8) is 0 Å². The Labute approximate surface area is 791 Å². The minimum absolute atomic E-state index is 0.0215. The van der Waals surface area contributed by atoms with Crippen molar-refractivity contribution < 1.29 is 162 Å². The second-order valence-corrected chi connectivity index (χ2v) is 29.1. The topological polar surface area (TPSA) is 422 Å². The van der Waals surface area contributed by atoms with Crippen molar-refractivity contribution in [3.05, 3.63) is 284 Å². The lowest BCUT2D eigenvalue weighted by molar-refractivity contribution is -0.385. The summed E-state index contributed by atoms with van der Waals surface area (Å²) in [6.45, 7) is 62.1. The van der Waals surface area contributed by atoms with Gasteiger partial charge in [-0.1, -0.05) is 176 Å². The van der Waals surface area contributed by atoms with Gasteiger partial charge in [-0.15, -0.1) is 0 Å². The van der Waals surface area contributed by atoms with E-state index in [1.807, 2.05) is 98.8 Å². The van der Waals surface area contributed by atoms with Crippen molar-refractivity contribution in [2.75, 3.05) is 132 Å². The van der Waals surface area contributed by atoms with Crippen molar-refractivity contribution in [1.29, 1.82) is 0 Å². The van der Waals surface area contributed by atoms with Crippen molar-refractivity contribution in [2.24, 2.45) is 5.41 Å². The number of ether oxygens (including phenoxy) is 21. The van der Waals surface area contributed by atoms with Gasteiger partial charge in [0.05, 0.1) is 50.7 Å². The molecular weight excluding hydrogens is 1760 g/mol. The number of benzene rings is 4. The van der Waals surface area contributed by atoms with Gasteiger partial charge in [0.1, 0.15) is 146 Å².